The summed E-state index contributed by atoms with van der Waals surface area (Å²) in [6.45, 7) is 6.53. The van der Waals surface area contributed by atoms with Crippen LogP contribution in [-0.2, 0) is 28.6 Å². The van der Waals surface area contributed by atoms with Gasteiger partial charge in [-0.1, -0.05) is 304 Å². The SMILES string of the molecule is CC/C=C\C/C=C\C/C=C\C/C=C\C/C=C\C/C=C\C/C=C\C/C=C\CCCCCCCCCCCCC(=O)OCC(COC(=O)CCCCCCCCCCCCC)OC(=O)CCCCCCCCCCCCCC. The number of hydrogen-bond acceptors (Lipinski definition) is 6. The Morgan fingerprint density at radius 3 is 0.803 bits per heavy atom. The summed E-state index contributed by atoms with van der Waals surface area (Å²) in [5.74, 6) is -0.868. The van der Waals surface area contributed by atoms with Gasteiger partial charge in [0.2, 0.25) is 0 Å². The van der Waals surface area contributed by atoms with Gasteiger partial charge in [-0.2, -0.15) is 0 Å². The van der Waals surface area contributed by atoms with Gasteiger partial charge in [0.05, 0.1) is 0 Å². The van der Waals surface area contributed by atoms with E-state index in [2.05, 4.69) is 118 Å². The molecule has 6 nitrogen and oxygen atoms in total. The average molecular weight is 1060 g/mol. The third kappa shape index (κ3) is 61.2. The Morgan fingerprint density at radius 1 is 0.276 bits per heavy atom. The summed E-state index contributed by atoms with van der Waals surface area (Å²) in [5.41, 5.74) is 0. The van der Waals surface area contributed by atoms with Crippen molar-refractivity contribution in [2.75, 3.05) is 13.2 Å². The summed E-state index contributed by atoms with van der Waals surface area (Å²) < 4.78 is 16.9. The van der Waals surface area contributed by atoms with Crippen LogP contribution in [0.4, 0.5) is 0 Å². The Hall–Kier alpha value is -3.67. The van der Waals surface area contributed by atoms with Crippen molar-refractivity contribution in [3.63, 3.8) is 0 Å². The van der Waals surface area contributed by atoms with E-state index in [-0.39, 0.29) is 31.1 Å². The number of carbonyl (C=O) groups is 3. The van der Waals surface area contributed by atoms with E-state index in [1.54, 1.807) is 0 Å². The number of rotatable bonds is 58. The maximum Gasteiger partial charge on any atom is 0.306 e. The highest BCUT2D eigenvalue weighted by molar-refractivity contribution is 5.71. The quantitative estimate of drug-likeness (QED) is 0.0261. The molecule has 6 heteroatoms. The topological polar surface area (TPSA) is 78.9 Å². The molecule has 0 saturated carbocycles. The minimum absolute atomic E-state index is 0.0729. The van der Waals surface area contributed by atoms with Crippen LogP contribution in [0.1, 0.15) is 310 Å². The third-order valence-electron chi connectivity index (χ3n) is 13.9. The summed E-state index contributed by atoms with van der Waals surface area (Å²) in [6, 6.07) is 0. The van der Waals surface area contributed by atoms with Crippen molar-refractivity contribution >= 4 is 17.9 Å². The van der Waals surface area contributed by atoms with Gasteiger partial charge in [0.15, 0.2) is 6.10 Å². The normalized spacial score (nSPS) is 12.7. The maximum absolute atomic E-state index is 12.8. The lowest BCUT2D eigenvalue weighted by atomic mass is 10.0. The number of esters is 3. The predicted octanol–water partition coefficient (Wildman–Crippen LogP) is 22.0. The van der Waals surface area contributed by atoms with Crippen molar-refractivity contribution in [3.8, 4) is 0 Å². The van der Waals surface area contributed by atoms with Crippen LogP contribution in [0.5, 0.6) is 0 Å². The summed E-state index contributed by atoms with van der Waals surface area (Å²) in [5, 5.41) is 0. The lowest BCUT2D eigenvalue weighted by molar-refractivity contribution is -0.167. The Labute approximate surface area is 470 Å². The standard InChI is InChI=1S/C70H120O6/c1-4-7-10-13-16-19-22-24-25-26-27-28-29-30-31-32-33-34-35-36-37-38-39-40-41-42-43-44-45-46-49-51-54-57-60-63-69(72)75-66-67(65-74-68(71)62-59-56-53-50-47-21-18-15-12-9-6-3)76-70(73)64-61-58-55-52-48-23-20-17-14-11-8-5-2/h7,10,16,19,24-25,27-28,30-31,33-34,36-37,39-40,67H,4-6,8-9,11-15,17-18,20-23,26,29,32,35,38,41-66H2,1-3H3/b10-7-,19-16-,25-24-,28-27-,31-30-,34-33-,37-36-,40-39-. The molecule has 0 saturated heterocycles. The van der Waals surface area contributed by atoms with Gasteiger partial charge in [0.1, 0.15) is 13.2 Å². The third-order valence-corrected chi connectivity index (χ3v) is 13.9. The minimum atomic E-state index is -0.774. The number of hydrogen-bond donors (Lipinski definition) is 0. The van der Waals surface area contributed by atoms with Crippen molar-refractivity contribution in [1.29, 1.82) is 0 Å². The van der Waals surface area contributed by atoms with Crippen LogP contribution in [0.2, 0.25) is 0 Å². The van der Waals surface area contributed by atoms with Crippen LogP contribution in [0.15, 0.2) is 97.2 Å². The number of allylic oxidation sites excluding steroid dienone is 16. The second kappa shape index (κ2) is 63.9. The second-order valence-electron chi connectivity index (χ2n) is 21.3. The molecule has 0 aliphatic rings. The van der Waals surface area contributed by atoms with Gasteiger partial charge in [-0.3, -0.25) is 14.4 Å². The fraction of sp³-hybridized carbons (Fsp3) is 0.729. The predicted molar refractivity (Wildman–Crippen MR) is 330 cm³/mol. The van der Waals surface area contributed by atoms with Gasteiger partial charge in [-0.15, -0.1) is 0 Å². The molecule has 0 rings (SSSR count). The van der Waals surface area contributed by atoms with Gasteiger partial charge in [0, 0.05) is 19.3 Å². The van der Waals surface area contributed by atoms with Crippen LogP contribution in [0, 0.1) is 0 Å². The van der Waals surface area contributed by atoms with Crippen molar-refractivity contribution in [2.24, 2.45) is 0 Å². The first-order valence-electron chi connectivity index (χ1n) is 32.2. The van der Waals surface area contributed by atoms with Crippen LogP contribution in [-0.4, -0.2) is 37.2 Å². The number of ether oxygens (including phenoxy) is 3. The van der Waals surface area contributed by atoms with Gasteiger partial charge < -0.3 is 14.2 Å². The summed E-state index contributed by atoms with van der Waals surface area (Å²) in [6.07, 6.45) is 85.7. The molecule has 0 N–H and O–H groups in total. The van der Waals surface area contributed by atoms with Crippen LogP contribution >= 0.6 is 0 Å². The molecule has 1 atom stereocenters. The van der Waals surface area contributed by atoms with E-state index in [1.165, 1.54) is 161 Å². The molecule has 0 fully saturated rings. The second-order valence-corrected chi connectivity index (χ2v) is 21.3. The molecule has 0 heterocycles. The van der Waals surface area contributed by atoms with E-state index in [0.717, 1.165) is 109 Å². The molecule has 0 aromatic carbocycles. The summed E-state index contributed by atoms with van der Waals surface area (Å²) in [4.78, 5) is 38.1. The van der Waals surface area contributed by atoms with Gasteiger partial charge in [0.25, 0.3) is 0 Å². The van der Waals surface area contributed by atoms with E-state index in [1.807, 2.05) is 0 Å². The smallest absolute Gasteiger partial charge is 0.306 e. The first kappa shape index (κ1) is 72.3. The fourth-order valence-electron chi connectivity index (χ4n) is 9.05. The van der Waals surface area contributed by atoms with Crippen molar-refractivity contribution in [2.45, 2.75) is 316 Å². The molecule has 0 spiro atoms. The fourth-order valence-corrected chi connectivity index (χ4v) is 9.05. The van der Waals surface area contributed by atoms with Gasteiger partial charge >= 0.3 is 17.9 Å². The molecule has 0 bridgehead atoms. The van der Waals surface area contributed by atoms with E-state index < -0.39 is 6.10 Å². The molecule has 1 unspecified atom stereocenters. The maximum atomic E-state index is 12.8. The zero-order valence-corrected chi connectivity index (χ0v) is 50.0. The molecule has 0 aliphatic heterocycles. The Morgan fingerprint density at radius 2 is 0.513 bits per heavy atom. The Bertz CT molecular complexity index is 1490. The largest absolute Gasteiger partial charge is 0.462 e. The van der Waals surface area contributed by atoms with Crippen LogP contribution in [0.25, 0.3) is 0 Å². The summed E-state index contributed by atoms with van der Waals surface area (Å²) in [7, 11) is 0. The van der Waals surface area contributed by atoms with Crippen LogP contribution < -0.4 is 0 Å². The van der Waals surface area contributed by atoms with E-state index in [0.29, 0.717) is 19.3 Å². The van der Waals surface area contributed by atoms with Crippen molar-refractivity contribution < 1.29 is 28.6 Å². The first-order valence-corrected chi connectivity index (χ1v) is 32.2. The molecule has 0 radical (unpaired) electrons. The highest BCUT2D eigenvalue weighted by Crippen LogP contribution is 2.16. The monoisotopic (exact) mass is 1060 g/mol. The minimum Gasteiger partial charge on any atom is -0.462 e. The molecule has 0 amide bonds. The van der Waals surface area contributed by atoms with Gasteiger partial charge in [-0.25, -0.2) is 0 Å². The average Bonchev–Trinajstić information content (AvgIpc) is 3.42. The molecule has 76 heavy (non-hydrogen) atoms. The molecule has 0 aromatic rings. The molecule has 436 valence electrons. The van der Waals surface area contributed by atoms with Crippen molar-refractivity contribution in [1.82, 2.24) is 0 Å². The molecular formula is C70H120O6. The highest BCUT2D eigenvalue weighted by Gasteiger charge is 2.19. The molecule has 0 aromatic heterocycles. The lowest BCUT2D eigenvalue weighted by Crippen LogP contribution is -2.30. The van der Waals surface area contributed by atoms with Crippen LogP contribution in [0.3, 0.4) is 0 Å². The summed E-state index contributed by atoms with van der Waals surface area (Å²) >= 11 is 0. The zero-order valence-electron chi connectivity index (χ0n) is 50.0. The first-order chi connectivity index (χ1) is 37.5. The number of unbranched alkanes of at least 4 members (excludes halogenated alkanes) is 31. The Balaban J connectivity index is 4.12. The lowest BCUT2D eigenvalue weighted by Gasteiger charge is -2.18. The van der Waals surface area contributed by atoms with E-state index in [4.69, 9.17) is 14.2 Å². The van der Waals surface area contributed by atoms with E-state index in [9.17, 15) is 14.4 Å². The molecule has 0 aliphatic carbocycles. The van der Waals surface area contributed by atoms with E-state index >= 15 is 0 Å². The highest BCUT2D eigenvalue weighted by atomic mass is 16.6. The number of carbonyl (C=O) groups excluding carboxylic acids is 3. The van der Waals surface area contributed by atoms with Crippen molar-refractivity contribution in [3.05, 3.63) is 97.2 Å². The Kier molecular flexibility index (Phi) is 60.8. The van der Waals surface area contributed by atoms with Gasteiger partial charge in [-0.05, 0) is 83.5 Å². The zero-order chi connectivity index (χ0) is 55.0. The molecular weight excluding hydrogens is 937 g/mol.